The summed E-state index contributed by atoms with van der Waals surface area (Å²) in [5, 5.41) is 0. The first-order valence-corrected chi connectivity index (χ1v) is 5.49. The lowest BCUT2D eigenvalue weighted by molar-refractivity contribution is -0.126. The molecule has 0 aliphatic carbocycles. The fourth-order valence-corrected chi connectivity index (χ4v) is 1.90. The average molecular weight is 247 g/mol. The number of nitrogen functional groups attached to an aromatic ring is 1. The van der Waals surface area contributed by atoms with Crippen LogP contribution in [-0.4, -0.2) is 28.7 Å². The third-order valence-electron chi connectivity index (χ3n) is 2.69. The van der Waals surface area contributed by atoms with E-state index in [1.165, 1.54) is 12.1 Å². The van der Waals surface area contributed by atoms with Gasteiger partial charge in [0.25, 0.3) is 11.8 Å². The van der Waals surface area contributed by atoms with Gasteiger partial charge in [-0.15, -0.1) is 0 Å². The molecule has 1 aromatic carbocycles. The number of amides is 3. The van der Waals surface area contributed by atoms with Gasteiger partial charge in [0.05, 0.1) is 11.1 Å². The average Bonchev–Trinajstić information content (AvgIpc) is 2.51. The van der Waals surface area contributed by atoms with Crippen molar-refractivity contribution in [2.24, 2.45) is 5.73 Å². The molecule has 6 nitrogen and oxygen atoms in total. The van der Waals surface area contributed by atoms with E-state index in [1.54, 1.807) is 13.0 Å². The number of carbonyl (C=O) groups is 3. The zero-order chi connectivity index (χ0) is 13.4. The molecule has 1 heterocycles. The van der Waals surface area contributed by atoms with Crippen molar-refractivity contribution >= 4 is 23.4 Å². The largest absolute Gasteiger partial charge is 0.398 e. The second kappa shape index (κ2) is 4.23. The number of hydrogen-bond acceptors (Lipinski definition) is 5. The van der Waals surface area contributed by atoms with Crippen molar-refractivity contribution in [1.29, 1.82) is 0 Å². The van der Waals surface area contributed by atoms with Crippen molar-refractivity contribution in [2.45, 2.75) is 19.4 Å². The van der Waals surface area contributed by atoms with Gasteiger partial charge in [0, 0.05) is 18.2 Å². The molecule has 18 heavy (non-hydrogen) atoms. The van der Waals surface area contributed by atoms with Gasteiger partial charge in [-0.05, 0) is 19.1 Å². The Balaban J connectivity index is 2.40. The molecular weight excluding hydrogens is 234 g/mol. The molecule has 0 saturated heterocycles. The third kappa shape index (κ3) is 1.76. The summed E-state index contributed by atoms with van der Waals surface area (Å²) in [4.78, 5) is 36.4. The Morgan fingerprint density at radius 2 is 2.00 bits per heavy atom. The number of hydrogen-bond donors (Lipinski definition) is 2. The molecule has 2 rings (SSSR count). The molecule has 1 atom stereocenters. The molecule has 1 aliphatic rings. The third-order valence-corrected chi connectivity index (χ3v) is 2.69. The molecule has 0 bridgehead atoms. The van der Waals surface area contributed by atoms with E-state index in [4.69, 9.17) is 11.5 Å². The minimum absolute atomic E-state index is 0.0641. The maximum absolute atomic E-state index is 12.0. The lowest BCUT2D eigenvalue weighted by Crippen LogP contribution is -2.38. The van der Waals surface area contributed by atoms with Crippen molar-refractivity contribution in [2.75, 3.05) is 5.73 Å². The van der Waals surface area contributed by atoms with Crippen molar-refractivity contribution < 1.29 is 14.4 Å². The van der Waals surface area contributed by atoms with Crippen molar-refractivity contribution in [1.82, 2.24) is 4.90 Å². The van der Waals surface area contributed by atoms with E-state index in [-0.39, 0.29) is 23.2 Å². The first-order valence-electron chi connectivity index (χ1n) is 5.49. The fourth-order valence-electron chi connectivity index (χ4n) is 1.90. The highest BCUT2D eigenvalue weighted by Gasteiger charge is 2.40. The van der Waals surface area contributed by atoms with Crippen LogP contribution in [0.5, 0.6) is 0 Å². The van der Waals surface area contributed by atoms with Crippen LogP contribution in [0, 0.1) is 0 Å². The molecule has 1 aromatic rings. The zero-order valence-electron chi connectivity index (χ0n) is 9.84. The lowest BCUT2D eigenvalue weighted by Gasteiger charge is -2.13. The normalized spacial score (nSPS) is 15.8. The molecule has 1 aliphatic heterocycles. The van der Waals surface area contributed by atoms with Crippen LogP contribution < -0.4 is 11.5 Å². The second-order valence-electron chi connectivity index (χ2n) is 4.29. The Bertz CT molecular complexity index is 551. The highest BCUT2D eigenvalue weighted by atomic mass is 16.2. The molecule has 0 radical (unpaired) electrons. The Labute approximate surface area is 104 Å². The van der Waals surface area contributed by atoms with Gasteiger partial charge in [0.1, 0.15) is 0 Å². The first kappa shape index (κ1) is 12.3. The summed E-state index contributed by atoms with van der Waals surface area (Å²) in [5.41, 5.74) is 11.6. The molecule has 4 N–H and O–H groups in total. The quantitative estimate of drug-likeness (QED) is 0.570. The van der Waals surface area contributed by atoms with Crippen molar-refractivity contribution in [3.8, 4) is 0 Å². The van der Waals surface area contributed by atoms with Crippen LogP contribution in [0.1, 0.15) is 34.1 Å². The molecule has 0 spiro atoms. The number of imide groups is 3. The molecule has 0 saturated carbocycles. The van der Waals surface area contributed by atoms with Gasteiger partial charge < -0.3 is 11.5 Å². The minimum atomic E-state index is -0.668. The van der Waals surface area contributed by atoms with Crippen molar-refractivity contribution in [3.63, 3.8) is 0 Å². The maximum Gasteiger partial charge on any atom is 0.270 e. The predicted octanol–water partition coefficient (Wildman–Crippen LogP) is 0.129. The van der Waals surface area contributed by atoms with Gasteiger partial charge in [0.2, 0.25) is 5.91 Å². The van der Waals surface area contributed by atoms with Gasteiger partial charge in [0.15, 0.2) is 0 Å². The summed E-state index contributed by atoms with van der Waals surface area (Å²) in [7, 11) is 0. The lowest BCUT2D eigenvalue weighted by atomic mass is 10.1. The molecular formula is C12H13N3O3. The van der Waals surface area contributed by atoms with Crippen LogP contribution in [0.3, 0.4) is 0 Å². The highest BCUT2D eigenvalue weighted by Crippen LogP contribution is 2.27. The Hall–Kier alpha value is -2.21. The van der Waals surface area contributed by atoms with Gasteiger partial charge in [-0.25, -0.2) is 4.90 Å². The molecule has 0 aromatic heterocycles. The summed E-state index contributed by atoms with van der Waals surface area (Å²) in [5.74, 6) is -1.90. The van der Waals surface area contributed by atoms with E-state index in [0.717, 1.165) is 0 Å². The van der Waals surface area contributed by atoms with E-state index < -0.39 is 23.8 Å². The molecule has 3 amide bonds. The predicted molar refractivity (Wildman–Crippen MR) is 64.6 cm³/mol. The van der Waals surface area contributed by atoms with Gasteiger partial charge in [-0.1, -0.05) is 6.07 Å². The van der Waals surface area contributed by atoms with E-state index in [1.807, 2.05) is 0 Å². The summed E-state index contributed by atoms with van der Waals surface area (Å²) in [6, 6.07) is 4.15. The number of fused-ring (bicyclic) bond motifs is 1. The number of nitrogens with zero attached hydrogens (tertiary/aromatic N) is 1. The van der Waals surface area contributed by atoms with Gasteiger partial charge in [-0.3, -0.25) is 14.4 Å². The summed E-state index contributed by atoms with van der Waals surface area (Å²) in [6.45, 7) is 1.63. The highest BCUT2D eigenvalue weighted by molar-refractivity contribution is 6.30. The Kier molecular flexibility index (Phi) is 2.88. The molecule has 94 valence electrons. The Morgan fingerprint density at radius 3 is 2.56 bits per heavy atom. The number of carbonyl (C=O) groups excluding carboxylic acids is 3. The van der Waals surface area contributed by atoms with Crippen LogP contribution in [0.25, 0.3) is 0 Å². The van der Waals surface area contributed by atoms with E-state index in [2.05, 4.69) is 0 Å². The number of nitrogens with two attached hydrogens (primary N) is 2. The Morgan fingerprint density at radius 1 is 1.33 bits per heavy atom. The molecule has 0 fully saturated rings. The van der Waals surface area contributed by atoms with Crippen LogP contribution in [0.15, 0.2) is 18.2 Å². The summed E-state index contributed by atoms with van der Waals surface area (Å²) >= 11 is 0. The number of anilines is 1. The van der Waals surface area contributed by atoms with E-state index in [9.17, 15) is 14.4 Å². The topological polar surface area (TPSA) is 106 Å². The summed E-state index contributed by atoms with van der Waals surface area (Å²) in [6.07, 6.45) is -0.0641. The van der Waals surface area contributed by atoms with E-state index >= 15 is 0 Å². The first-order chi connectivity index (χ1) is 8.43. The standard InChI is InChI=1S/C12H13N3O3/c1-6(13)5-9(16)15-11(17)7-3-2-4-8(14)10(7)12(15)18/h2-4,6H,5,13-14H2,1H3. The zero-order valence-corrected chi connectivity index (χ0v) is 9.84. The molecule has 1 unspecified atom stereocenters. The van der Waals surface area contributed by atoms with Crippen molar-refractivity contribution in [3.05, 3.63) is 29.3 Å². The monoisotopic (exact) mass is 247 g/mol. The maximum atomic E-state index is 12.0. The number of rotatable bonds is 2. The SMILES string of the molecule is CC(N)CC(=O)N1C(=O)c2cccc(N)c2C1=O. The second-order valence-corrected chi connectivity index (χ2v) is 4.29. The molecule has 6 heteroatoms. The smallest absolute Gasteiger partial charge is 0.270 e. The van der Waals surface area contributed by atoms with Crippen LogP contribution >= 0.6 is 0 Å². The van der Waals surface area contributed by atoms with Gasteiger partial charge in [-0.2, -0.15) is 0 Å². The fraction of sp³-hybridized carbons (Fsp3) is 0.250. The number of benzene rings is 1. The van der Waals surface area contributed by atoms with Gasteiger partial charge >= 0.3 is 0 Å². The minimum Gasteiger partial charge on any atom is -0.398 e. The van der Waals surface area contributed by atoms with Crippen LogP contribution in [-0.2, 0) is 4.79 Å². The van der Waals surface area contributed by atoms with Crippen LogP contribution in [0.2, 0.25) is 0 Å². The summed E-state index contributed by atoms with van der Waals surface area (Å²) < 4.78 is 0. The van der Waals surface area contributed by atoms with E-state index in [0.29, 0.717) is 4.90 Å². The van der Waals surface area contributed by atoms with Crippen LogP contribution in [0.4, 0.5) is 5.69 Å².